The number of hydrogen-bond donors (Lipinski definition) is 1. The lowest BCUT2D eigenvalue weighted by atomic mass is 10.1. The Hall–Kier alpha value is -1.91. The molecule has 2 aromatic rings. The Balaban J connectivity index is 1.95. The van der Waals surface area contributed by atoms with Gasteiger partial charge < -0.3 is 14.8 Å². The fourth-order valence-electron chi connectivity index (χ4n) is 1.91. The van der Waals surface area contributed by atoms with Crippen LogP contribution in [0.3, 0.4) is 0 Å². The van der Waals surface area contributed by atoms with Crippen molar-refractivity contribution in [1.82, 2.24) is 10.3 Å². The average molecular weight is 272 g/mol. The first-order valence-electron chi connectivity index (χ1n) is 6.70. The predicted molar refractivity (Wildman–Crippen MR) is 78.8 cm³/mol. The van der Waals surface area contributed by atoms with E-state index in [1.54, 1.807) is 19.5 Å². The number of pyridine rings is 1. The van der Waals surface area contributed by atoms with Crippen LogP contribution in [-0.2, 0) is 4.74 Å². The van der Waals surface area contributed by atoms with E-state index in [-0.39, 0.29) is 6.04 Å². The van der Waals surface area contributed by atoms with Gasteiger partial charge in [0.2, 0.25) is 0 Å². The zero-order valence-electron chi connectivity index (χ0n) is 11.7. The Bertz CT molecular complexity index is 476. The summed E-state index contributed by atoms with van der Waals surface area (Å²) in [4.78, 5) is 3.98. The summed E-state index contributed by atoms with van der Waals surface area (Å²) in [6.07, 6.45) is 3.45. The topological polar surface area (TPSA) is 43.4 Å². The van der Waals surface area contributed by atoms with Gasteiger partial charge in [-0.25, -0.2) is 0 Å². The second-order valence-electron chi connectivity index (χ2n) is 4.40. The van der Waals surface area contributed by atoms with Crippen LogP contribution in [0.15, 0.2) is 54.9 Å². The molecule has 1 unspecified atom stereocenters. The highest BCUT2D eigenvalue weighted by molar-refractivity contribution is 5.21. The van der Waals surface area contributed by atoms with Crippen LogP contribution in [0.1, 0.15) is 11.6 Å². The van der Waals surface area contributed by atoms with E-state index >= 15 is 0 Å². The molecule has 4 heteroatoms. The van der Waals surface area contributed by atoms with Crippen molar-refractivity contribution in [2.24, 2.45) is 0 Å². The Labute approximate surface area is 119 Å². The molecule has 0 spiro atoms. The first kappa shape index (κ1) is 14.5. The lowest BCUT2D eigenvalue weighted by molar-refractivity contribution is 0.187. The zero-order valence-corrected chi connectivity index (χ0v) is 11.7. The van der Waals surface area contributed by atoms with Gasteiger partial charge in [0, 0.05) is 26.0 Å². The third-order valence-corrected chi connectivity index (χ3v) is 2.97. The Kier molecular flexibility index (Phi) is 6.02. The SMILES string of the molecule is COCCNC(COc1ccncc1)c1ccccc1. The fraction of sp³-hybridized carbons (Fsp3) is 0.312. The number of ether oxygens (including phenoxy) is 2. The van der Waals surface area contributed by atoms with Crippen molar-refractivity contribution in [3.8, 4) is 5.75 Å². The summed E-state index contributed by atoms with van der Waals surface area (Å²) >= 11 is 0. The van der Waals surface area contributed by atoms with E-state index in [1.165, 1.54) is 5.56 Å². The van der Waals surface area contributed by atoms with Crippen LogP contribution in [0.2, 0.25) is 0 Å². The number of rotatable bonds is 8. The molecule has 0 amide bonds. The molecule has 106 valence electrons. The fourth-order valence-corrected chi connectivity index (χ4v) is 1.91. The smallest absolute Gasteiger partial charge is 0.122 e. The van der Waals surface area contributed by atoms with E-state index in [0.717, 1.165) is 12.3 Å². The maximum absolute atomic E-state index is 5.81. The number of nitrogens with zero attached hydrogens (tertiary/aromatic N) is 1. The minimum atomic E-state index is 0.138. The van der Waals surface area contributed by atoms with Crippen LogP contribution in [-0.4, -0.2) is 31.9 Å². The van der Waals surface area contributed by atoms with Gasteiger partial charge in [-0.3, -0.25) is 4.98 Å². The van der Waals surface area contributed by atoms with Gasteiger partial charge in [-0.2, -0.15) is 0 Å². The van der Waals surface area contributed by atoms with E-state index in [4.69, 9.17) is 9.47 Å². The molecule has 1 N–H and O–H groups in total. The Morgan fingerprint density at radius 1 is 1.10 bits per heavy atom. The Morgan fingerprint density at radius 2 is 1.85 bits per heavy atom. The van der Waals surface area contributed by atoms with Gasteiger partial charge in [0.05, 0.1) is 12.6 Å². The molecule has 0 saturated heterocycles. The van der Waals surface area contributed by atoms with E-state index in [9.17, 15) is 0 Å². The van der Waals surface area contributed by atoms with Crippen molar-refractivity contribution < 1.29 is 9.47 Å². The monoisotopic (exact) mass is 272 g/mol. The van der Waals surface area contributed by atoms with Crippen LogP contribution in [0.4, 0.5) is 0 Å². The van der Waals surface area contributed by atoms with Gasteiger partial charge in [0.1, 0.15) is 12.4 Å². The summed E-state index contributed by atoms with van der Waals surface area (Å²) in [7, 11) is 1.70. The molecule has 0 bridgehead atoms. The van der Waals surface area contributed by atoms with Crippen molar-refractivity contribution in [1.29, 1.82) is 0 Å². The first-order chi connectivity index (χ1) is 9.90. The molecule has 1 heterocycles. The maximum Gasteiger partial charge on any atom is 0.122 e. The van der Waals surface area contributed by atoms with Crippen LogP contribution >= 0.6 is 0 Å². The van der Waals surface area contributed by atoms with Crippen molar-refractivity contribution in [2.45, 2.75) is 6.04 Å². The van der Waals surface area contributed by atoms with E-state index in [0.29, 0.717) is 13.2 Å². The first-order valence-corrected chi connectivity index (χ1v) is 6.70. The van der Waals surface area contributed by atoms with E-state index in [2.05, 4.69) is 22.4 Å². The molecule has 0 saturated carbocycles. The summed E-state index contributed by atoms with van der Waals surface area (Å²) < 4.78 is 10.9. The molecule has 1 atom stereocenters. The van der Waals surface area contributed by atoms with E-state index in [1.807, 2.05) is 30.3 Å². The minimum Gasteiger partial charge on any atom is -0.491 e. The van der Waals surface area contributed by atoms with Crippen molar-refractivity contribution >= 4 is 0 Å². The summed E-state index contributed by atoms with van der Waals surface area (Å²) in [5, 5.41) is 3.44. The minimum absolute atomic E-state index is 0.138. The van der Waals surface area contributed by atoms with Crippen molar-refractivity contribution in [3.63, 3.8) is 0 Å². The molecule has 0 aliphatic carbocycles. The maximum atomic E-state index is 5.81. The molecule has 1 aromatic carbocycles. The van der Waals surface area contributed by atoms with Gasteiger partial charge in [0.25, 0.3) is 0 Å². The summed E-state index contributed by atoms with van der Waals surface area (Å²) in [6.45, 7) is 2.03. The van der Waals surface area contributed by atoms with Crippen LogP contribution in [0, 0.1) is 0 Å². The largest absolute Gasteiger partial charge is 0.491 e. The number of aromatic nitrogens is 1. The van der Waals surface area contributed by atoms with Crippen LogP contribution < -0.4 is 10.1 Å². The highest BCUT2D eigenvalue weighted by Crippen LogP contribution is 2.15. The quantitative estimate of drug-likeness (QED) is 0.750. The van der Waals surface area contributed by atoms with Crippen LogP contribution in [0.25, 0.3) is 0 Å². The molecular weight excluding hydrogens is 252 g/mol. The lowest BCUT2D eigenvalue weighted by Crippen LogP contribution is -2.29. The zero-order chi connectivity index (χ0) is 14.0. The number of methoxy groups -OCH3 is 1. The molecule has 1 aromatic heterocycles. The molecule has 20 heavy (non-hydrogen) atoms. The summed E-state index contributed by atoms with van der Waals surface area (Å²) in [5.74, 6) is 0.828. The standard InChI is InChI=1S/C16H20N2O2/c1-19-12-11-18-16(14-5-3-2-4-6-14)13-20-15-7-9-17-10-8-15/h2-10,16,18H,11-13H2,1H3. The van der Waals surface area contributed by atoms with Crippen molar-refractivity contribution in [2.75, 3.05) is 26.9 Å². The van der Waals surface area contributed by atoms with Gasteiger partial charge in [-0.05, 0) is 17.7 Å². The van der Waals surface area contributed by atoms with Crippen LogP contribution in [0.5, 0.6) is 5.75 Å². The lowest BCUT2D eigenvalue weighted by Gasteiger charge is -2.19. The molecule has 2 rings (SSSR count). The Morgan fingerprint density at radius 3 is 2.55 bits per heavy atom. The number of nitrogens with one attached hydrogen (secondary N) is 1. The normalized spacial score (nSPS) is 12.1. The second-order valence-corrected chi connectivity index (χ2v) is 4.40. The molecule has 0 aliphatic heterocycles. The molecular formula is C16H20N2O2. The number of hydrogen-bond acceptors (Lipinski definition) is 4. The predicted octanol–water partition coefficient (Wildman–Crippen LogP) is 2.44. The molecule has 0 radical (unpaired) electrons. The van der Waals surface area contributed by atoms with Gasteiger partial charge >= 0.3 is 0 Å². The van der Waals surface area contributed by atoms with Gasteiger partial charge in [-0.15, -0.1) is 0 Å². The number of benzene rings is 1. The molecule has 0 fully saturated rings. The molecule has 4 nitrogen and oxygen atoms in total. The molecule has 0 aliphatic rings. The third-order valence-electron chi connectivity index (χ3n) is 2.97. The average Bonchev–Trinajstić information content (AvgIpc) is 2.52. The summed E-state index contributed by atoms with van der Waals surface area (Å²) in [6, 6.07) is 14.1. The van der Waals surface area contributed by atoms with Crippen molar-refractivity contribution in [3.05, 3.63) is 60.4 Å². The third kappa shape index (κ3) is 4.64. The highest BCUT2D eigenvalue weighted by atomic mass is 16.5. The highest BCUT2D eigenvalue weighted by Gasteiger charge is 2.11. The van der Waals surface area contributed by atoms with Gasteiger partial charge in [0.15, 0.2) is 0 Å². The second kappa shape index (κ2) is 8.30. The van der Waals surface area contributed by atoms with E-state index < -0.39 is 0 Å². The van der Waals surface area contributed by atoms with Gasteiger partial charge in [-0.1, -0.05) is 30.3 Å². The summed E-state index contributed by atoms with van der Waals surface area (Å²) in [5.41, 5.74) is 1.21.